The van der Waals surface area contributed by atoms with E-state index in [9.17, 15) is 9.59 Å². The van der Waals surface area contributed by atoms with Crippen LogP contribution in [0.5, 0.6) is 0 Å². The summed E-state index contributed by atoms with van der Waals surface area (Å²) in [4.78, 5) is 25.8. The summed E-state index contributed by atoms with van der Waals surface area (Å²) in [6, 6.07) is -0.199. The lowest BCUT2D eigenvalue weighted by molar-refractivity contribution is -0.138. The van der Waals surface area contributed by atoms with Crippen molar-refractivity contribution >= 4 is 24.2 Å². The first kappa shape index (κ1) is 17.2. The van der Waals surface area contributed by atoms with Crippen molar-refractivity contribution in [2.24, 2.45) is 11.7 Å². The third kappa shape index (κ3) is 4.35. The zero-order chi connectivity index (χ0) is 13.8. The number of carbonyl (C=O) groups excluding carboxylic acids is 2. The Bertz CT molecular complexity index is 347. The lowest BCUT2D eigenvalue weighted by Crippen LogP contribution is -2.48. The highest BCUT2D eigenvalue weighted by molar-refractivity contribution is 5.88. The molecule has 0 radical (unpaired) electrons. The van der Waals surface area contributed by atoms with Gasteiger partial charge in [0.05, 0.1) is 0 Å². The van der Waals surface area contributed by atoms with E-state index in [1.807, 2.05) is 6.92 Å². The van der Waals surface area contributed by atoms with Crippen molar-refractivity contribution in [1.29, 1.82) is 0 Å². The number of rotatable bonds is 6. The number of amides is 2. The molecular weight excluding hydrogens is 278 g/mol. The van der Waals surface area contributed by atoms with Crippen LogP contribution in [0.3, 0.4) is 0 Å². The normalized spacial score (nSPS) is 23.1. The van der Waals surface area contributed by atoms with Gasteiger partial charge in [-0.05, 0) is 38.0 Å². The van der Waals surface area contributed by atoms with Crippen LogP contribution in [0, 0.1) is 5.92 Å². The number of hydrogen-bond donors (Lipinski definition) is 2. The highest BCUT2D eigenvalue weighted by Crippen LogP contribution is 2.31. The van der Waals surface area contributed by atoms with Crippen molar-refractivity contribution in [3.8, 4) is 0 Å². The summed E-state index contributed by atoms with van der Waals surface area (Å²) in [5, 5.41) is 2.91. The van der Waals surface area contributed by atoms with E-state index in [4.69, 9.17) is 5.73 Å². The van der Waals surface area contributed by atoms with E-state index >= 15 is 0 Å². The summed E-state index contributed by atoms with van der Waals surface area (Å²) < 4.78 is 0. The minimum absolute atomic E-state index is 0. The SMILES string of the molecule is CCCC(=O)N1CCCC1C(=O)NCC(N)C1CC1.Cl. The van der Waals surface area contributed by atoms with Gasteiger partial charge in [0.25, 0.3) is 0 Å². The van der Waals surface area contributed by atoms with E-state index in [1.165, 1.54) is 12.8 Å². The van der Waals surface area contributed by atoms with E-state index in [-0.39, 0.29) is 36.3 Å². The molecule has 0 aromatic rings. The van der Waals surface area contributed by atoms with Crippen molar-refractivity contribution in [2.75, 3.05) is 13.1 Å². The van der Waals surface area contributed by atoms with Gasteiger partial charge in [0.15, 0.2) is 0 Å². The monoisotopic (exact) mass is 303 g/mol. The number of likely N-dealkylation sites (tertiary alicyclic amines) is 1. The number of nitrogens with zero attached hydrogens (tertiary/aromatic N) is 1. The van der Waals surface area contributed by atoms with E-state index in [1.54, 1.807) is 4.90 Å². The molecule has 5 nitrogen and oxygen atoms in total. The lowest BCUT2D eigenvalue weighted by Gasteiger charge is -2.24. The number of halogens is 1. The summed E-state index contributed by atoms with van der Waals surface area (Å²) >= 11 is 0. The quantitative estimate of drug-likeness (QED) is 0.770. The van der Waals surface area contributed by atoms with Gasteiger partial charge in [-0.3, -0.25) is 9.59 Å². The summed E-state index contributed by atoms with van der Waals surface area (Å²) in [6.07, 6.45) is 5.42. The van der Waals surface area contributed by atoms with Gasteiger partial charge in [0, 0.05) is 25.6 Å². The molecule has 1 saturated carbocycles. The van der Waals surface area contributed by atoms with Gasteiger partial charge in [-0.1, -0.05) is 6.92 Å². The number of nitrogens with two attached hydrogens (primary N) is 1. The number of hydrogen-bond acceptors (Lipinski definition) is 3. The maximum atomic E-state index is 12.2. The van der Waals surface area contributed by atoms with Crippen molar-refractivity contribution < 1.29 is 9.59 Å². The molecule has 116 valence electrons. The van der Waals surface area contributed by atoms with Crippen LogP contribution in [0.2, 0.25) is 0 Å². The van der Waals surface area contributed by atoms with Gasteiger partial charge in [-0.15, -0.1) is 12.4 Å². The fraction of sp³-hybridized carbons (Fsp3) is 0.857. The molecular formula is C14H26ClN3O2. The van der Waals surface area contributed by atoms with Crippen molar-refractivity contribution in [2.45, 2.75) is 57.5 Å². The predicted octanol–water partition coefficient (Wildman–Crippen LogP) is 1.05. The molecule has 0 spiro atoms. The first-order chi connectivity index (χ1) is 9.13. The fourth-order valence-electron chi connectivity index (χ4n) is 2.72. The van der Waals surface area contributed by atoms with Gasteiger partial charge in [-0.25, -0.2) is 0 Å². The average Bonchev–Trinajstić information content (AvgIpc) is 3.12. The molecule has 1 heterocycles. The topological polar surface area (TPSA) is 75.4 Å². The molecule has 1 saturated heterocycles. The molecule has 2 fully saturated rings. The van der Waals surface area contributed by atoms with Gasteiger partial charge >= 0.3 is 0 Å². The molecule has 2 rings (SSSR count). The Morgan fingerprint density at radius 3 is 2.65 bits per heavy atom. The third-order valence-electron chi connectivity index (χ3n) is 4.08. The molecule has 6 heteroatoms. The van der Waals surface area contributed by atoms with E-state index in [0.29, 0.717) is 25.4 Å². The fourth-order valence-corrected chi connectivity index (χ4v) is 2.72. The molecule has 1 aliphatic carbocycles. The molecule has 0 aromatic carbocycles. The van der Waals surface area contributed by atoms with Gasteiger partial charge in [0.1, 0.15) is 6.04 Å². The minimum atomic E-state index is -0.273. The third-order valence-corrected chi connectivity index (χ3v) is 4.08. The highest BCUT2D eigenvalue weighted by Gasteiger charge is 2.34. The van der Waals surface area contributed by atoms with Crippen LogP contribution >= 0.6 is 12.4 Å². The van der Waals surface area contributed by atoms with Crippen LogP contribution in [0.4, 0.5) is 0 Å². The Balaban J connectivity index is 0.00000200. The van der Waals surface area contributed by atoms with E-state index < -0.39 is 0 Å². The Hall–Kier alpha value is -0.810. The second-order valence-electron chi connectivity index (χ2n) is 5.74. The first-order valence-electron chi connectivity index (χ1n) is 7.46. The summed E-state index contributed by atoms with van der Waals surface area (Å²) in [7, 11) is 0. The maximum absolute atomic E-state index is 12.2. The van der Waals surface area contributed by atoms with Crippen LogP contribution in [0.25, 0.3) is 0 Å². The van der Waals surface area contributed by atoms with E-state index in [0.717, 1.165) is 19.3 Å². The minimum Gasteiger partial charge on any atom is -0.353 e. The van der Waals surface area contributed by atoms with Crippen molar-refractivity contribution in [3.05, 3.63) is 0 Å². The summed E-state index contributed by atoms with van der Waals surface area (Å²) in [6.45, 7) is 3.24. The van der Waals surface area contributed by atoms with Crippen LogP contribution in [0.15, 0.2) is 0 Å². The zero-order valence-electron chi connectivity index (χ0n) is 12.1. The number of nitrogens with one attached hydrogen (secondary N) is 1. The van der Waals surface area contributed by atoms with Gasteiger partial charge < -0.3 is 16.0 Å². The molecule has 1 aliphatic heterocycles. The van der Waals surface area contributed by atoms with Crippen LogP contribution in [-0.4, -0.2) is 41.9 Å². The molecule has 2 unspecified atom stereocenters. The molecule has 2 amide bonds. The molecule has 20 heavy (non-hydrogen) atoms. The Morgan fingerprint density at radius 1 is 1.35 bits per heavy atom. The zero-order valence-corrected chi connectivity index (χ0v) is 13.0. The molecule has 3 N–H and O–H groups in total. The van der Waals surface area contributed by atoms with Gasteiger partial charge in [0.2, 0.25) is 11.8 Å². The Kier molecular flexibility index (Phi) is 6.76. The van der Waals surface area contributed by atoms with E-state index in [2.05, 4.69) is 5.32 Å². The average molecular weight is 304 g/mol. The van der Waals surface area contributed by atoms with Crippen LogP contribution in [0.1, 0.15) is 45.4 Å². The molecule has 2 atom stereocenters. The lowest BCUT2D eigenvalue weighted by atomic mass is 10.1. The van der Waals surface area contributed by atoms with Gasteiger partial charge in [-0.2, -0.15) is 0 Å². The second kappa shape index (κ2) is 7.84. The van der Waals surface area contributed by atoms with Crippen molar-refractivity contribution in [3.63, 3.8) is 0 Å². The molecule has 0 aromatic heterocycles. The second-order valence-corrected chi connectivity index (χ2v) is 5.74. The first-order valence-corrected chi connectivity index (χ1v) is 7.46. The Morgan fingerprint density at radius 2 is 2.05 bits per heavy atom. The highest BCUT2D eigenvalue weighted by atomic mass is 35.5. The predicted molar refractivity (Wildman–Crippen MR) is 80.6 cm³/mol. The number of carbonyl (C=O) groups is 2. The summed E-state index contributed by atoms with van der Waals surface area (Å²) in [5.74, 6) is 0.659. The largest absolute Gasteiger partial charge is 0.353 e. The maximum Gasteiger partial charge on any atom is 0.242 e. The molecule has 0 bridgehead atoms. The van der Waals surface area contributed by atoms with Crippen LogP contribution in [-0.2, 0) is 9.59 Å². The van der Waals surface area contributed by atoms with Crippen molar-refractivity contribution in [1.82, 2.24) is 10.2 Å². The standard InChI is InChI=1S/C14H25N3O2.ClH/c1-2-4-13(18)17-8-3-5-12(17)14(19)16-9-11(15)10-6-7-10;/h10-12H,2-9,15H2,1H3,(H,16,19);1H. The summed E-state index contributed by atoms with van der Waals surface area (Å²) in [5.41, 5.74) is 5.97. The van der Waals surface area contributed by atoms with Crippen LogP contribution < -0.4 is 11.1 Å². The Labute approximate surface area is 127 Å². The smallest absolute Gasteiger partial charge is 0.242 e. The molecule has 2 aliphatic rings.